The molecule has 0 radical (unpaired) electrons. The van der Waals surface area contributed by atoms with Crippen LogP contribution in [0.1, 0.15) is 52.8 Å². The molecule has 0 spiro atoms. The molecule has 1 N–H and O–H groups in total. The number of pyridine rings is 2. The first-order chi connectivity index (χ1) is 13.6. The van der Waals surface area contributed by atoms with Gasteiger partial charge in [-0.25, -0.2) is 0 Å². The van der Waals surface area contributed by atoms with Crippen LogP contribution in [0.5, 0.6) is 0 Å². The van der Waals surface area contributed by atoms with Crippen molar-refractivity contribution in [2.24, 2.45) is 0 Å². The number of hydrogen-bond acceptors (Lipinski definition) is 5. The van der Waals surface area contributed by atoms with Gasteiger partial charge < -0.3 is 9.64 Å². The minimum absolute atomic E-state index is 0.0543. The number of nitrogens with zero attached hydrogens (tertiary/aromatic N) is 4. The number of hydrogen-bond donors (Lipinski definition) is 1. The Morgan fingerprint density at radius 1 is 1.14 bits per heavy atom. The molecule has 3 aromatic rings. The van der Waals surface area contributed by atoms with E-state index in [1.165, 1.54) is 0 Å². The predicted molar refractivity (Wildman–Crippen MR) is 103 cm³/mol. The third-order valence-electron chi connectivity index (χ3n) is 4.94. The Balaban J connectivity index is 1.65. The van der Waals surface area contributed by atoms with E-state index in [9.17, 15) is 4.79 Å². The second kappa shape index (κ2) is 7.90. The molecule has 1 aliphatic rings. The first-order valence-corrected chi connectivity index (χ1v) is 9.41. The summed E-state index contributed by atoms with van der Waals surface area (Å²) < 4.78 is 5.85. The molecule has 3 aromatic heterocycles. The number of ether oxygens (including phenoxy) is 1. The molecule has 4 heterocycles. The molecule has 1 aliphatic heterocycles. The topological polar surface area (TPSA) is 84.0 Å². The highest BCUT2D eigenvalue weighted by Gasteiger charge is 2.31. The minimum atomic E-state index is -0.0977. The maximum atomic E-state index is 13.5. The van der Waals surface area contributed by atoms with Crippen LogP contribution in [-0.4, -0.2) is 37.1 Å². The molecule has 4 rings (SSSR count). The summed E-state index contributed by atoms with van der Waals surface area (Å²) in [6.07, 6.45) is 7.61. The molecule has 7 nitrogen and oxygen atoms in total. The van der Waals surface area contributed by atoms with E-state index in [4.69, 9.17) is 4.74 Å². The van der Waals surface area contributed by atoms with Gasteiger partial charge in [-0.2, -0.15) is 5.10 Å². The summed E-state index contributed by atoms with van der Waals surface area (Å²) in [5.41, 5.74) is 4.32. The van der Waals surface area contributed by atoms with Crippen molar-refractivity contribution in [1.29, 1.82) is 0 Å². The Hall–Kier alpha value is -3.06. The van der Waals surface area contributed by atoms with Crippen LogP contribution in [0, 0.1) is 0 Å². The molecule has 0 aliphatic carbocycles. The van der Waals surface area contributed by atoms with Gasteiger partial charge in [-0.15, -0.1) is 0 Å². The van der Waals surface area contributed by atoms with Crippen molar-refractivity contribution in [3.05, 3.63) is 77.1 Å². The standard InChI is InChI=1S/C21H23N5O2/c1-14-10-18-19(15(2)28-14)24-25-20(18)21(27)26(12-16-5-8-22-9-6-16)13-17-4-3-7-23-11-17/h3-9,11,14-15H,10,12-13H2,1-2H3,(H,24,25)/t14-,15+/m1/s1. The number of amides is 1. The fraction of sp³-hybridized carbons (Fsp3) is 0.333. The summed E-state index contributed by atoms with van der Waals surface area (Å²) in [5, 5.41) is 7.38. The number of rotatable bonds is 5. The van der Waals surface area contributed by atoms with Gasteiger partial charge in [-0.05, 0) is 43.2 Å². The zero-order valence-corrected chi connectivity index (χ0v) is 16.0. The average Bonchev–Trinajstić information content (AvgIpc) is 3.12. The summed E-state index contributed by atoms with van der Waals surface area (Å²) in [5.74, 6) is -0.0977. The summed E-state index contributed by atoms with van der Waals surface area (Å²) in [7, 11) is 0. The third-order valence-corrected chi connectivity index (χ3v) is 4.94. The minimum Gasteiger partial charge on any atom is -0.369 e. The predicted octanol–water partition coefficient (Wildman–Crippen LogP) is 3.06. The highest BCUT2D eigenvalue weighted by molar-refractivity contribution is 5.94. The van der Waals surface area contributed by atoms with Crippen molar-refractivity contribution >= 4 is 5.91 Å². The van der Waals surface area contributed by atoms with Crippen LogP contribution in [0.2, 0.25) is 0 Å². The summed E-state index contributed by atoms with van der Waals surface area (Å²) >= 11 is 0. The lowest BCUT2D eigenvalue weighted by Gasteiger charge is -2.26. The molecule has 28 heavy (non-hydrogen) atoms. The molecular formula is C21H23N5O2. The molecule has 0 saturated carbocycles. The van der Waals surface area contributed by atoms with Gasteiger partial charge in [0.2, 0.25) is 0 Å². The van der Waals surface area contributed by atoms with E-state index in [1.807, 2.05) is 38.1 Å². The second-order valence-electron chi connectivity index (χ2n) is 7.14. The Kier molecular flexibility index (Phi) is 5.16. The molecule has 0 fully saturated rings. The van der Waals surface area contributed by atoms with Crippen LogP contribution >= 0.6 is 0 Å². The van der Waals surface area contributed by atoms with Crippen LogP contribution < -0.4 is 0 Å². The van der Waals surface area contributed by atoms with Crippen molar-refractivity contribution in [2.75, 3.05) is 0 Å². The van der Waals surface area contributed by atoms with Crippen molar-refractivity contribution in [3.63, 3.8) is 0 Å². The van der Waals surface area contributed by atoms with Crippen LogP contribution in [-0.2, 0) is 24.2 Å². The van der Waals surface area contributed by atoms with Gasteiger partial charge in [0.25, 0.3) is 5.91 Å². The lowest BCUT2D eigenvalue weighted by Crippen LogP contribution is -2.32. The molecule has 0 bridgehead atoms. The number of aromatic amines is 1. The highest BCUT2D eigenvalue weighted by atomic mass is 16.5. The first-order valence-electron chi connectivity index (χ1n) is 9.41. The Labute approximate surface area is 163 Å². The van der Waals surface area contributed by atoms with Gasteiger partial charge in [-0.1, -0.05) is 6.07 Å². The van der Waals surface area contributed by atoms with E-state index < -0.39 is 0 Å². The van der Waals surface area contributed by atoms with Crippen LogP contribution in [0.3, 0.4) is 0 Å². The van der Waals surface area contributed by atoms with Gasteiger partial charge in [0.1, 0.15) is 0 Å². The normalized spacial score (nSPS) is 18.5. The molecule has 144 valence electrons. The molecule has 0 unspecified atom stereocenters. The number of nitrogens with one attached hydrogen (secondary N) is 1. The van der Waals surface area contributed by atoms with E-state index in [-0.39, 0.29) is 18.1 Å². The number of aromatic nitrogens is 4. The Bertz CT molecular complexity index is 900. The van der Waals surface area contributed by atoms with E-state index in [1.54, 1.807) is 29.7 Å². The maximum Gasteiger partial charge on any atom is 0.275 e. The van der Waals surface area contributed by atoms with Gasteiger partial charge in [0.15, 0.2) is 5.69 Å². The fourth-order valence-electron chi connectivity index (χ4n) is 3.62. The molecule has 0 aromatic carbocycles. The number of carbonyl (C=O) groups is 1. The van der Waals surface area contributed by atoms with Crippen molar-refractivity contribution in [2.45, 2.75) is 45.6 Å². The van der Waals surface area contributed by atoms with Crippen LogP contribution in [0.4, 0.5) is 0 Å². The van der Waals surface area contributed by atoms with Crippen molar-refractivity contribution in [3.8, 4) is 0 Å². The van der Waals surface area contributed by atoms with E-state index >= 15 is 0 Å². The monoisotopic (exact) mass is 377 g/mol. The Morgan fingerprint density at radius 2 is 1.93 bits per heavy atom. The van der Waals surface area contributed by atoms with Crippen molar-refractivity contribution in [1.82, 2.24) is 25.1 Å². The fourth-order valence-corrected chi connectivity index (χ4v) is 3.62. The number of fused-ring (bicyclic) bond motifs is 1. The summed E-state index contributed by atoms with van der Waals surface area (Å²) in [6.45, 7) is 4.92. The van der Waals surface area contributed by atoms with E-state index in [2.05, 4.69) is 20.2 Å². The van der Waals surface area contributed by atoms with Crippen LogP contribution in [0.25, 0.3) is 0 Å². The lowest BCUT2D eigenvalue weighted by molar-refractivity contribution is -0.00703. The van der Waals surface area contributed by atoms with Crippen LogP contribution in [0.15, 0.2) is 49.1 Å². The van der Waals surface area contributed by atoms with E-state index in [0.29, 0.717) is 25.2 Å². The third kappa shape index (κ3) is 3.80. The number of H-pyrrole nitrogens is 1. The van der Waals surface area contributed by atoms with E-state index in [0.717, 1.165) is 22.4 Å². The van der Waals surface area contributed by atoms with Crippen molar-refractivity contribution < 1.29 is 9.53 Å². The molecule has 7 heteroatoms. The zero-order valence-electron chi connectivity index (χ0n) is 16.0. The van der Waals surface area contributed by atoms with Gasteiger partial charge in [-0.3, -0.25) is 19.9 Å². The summed E-state index contributed by atoms with van der Waals surface area (Å²) in [4.78, 5) is 23.5. The highest BCUT2D eigenvalue weighted by Crippen LogP contribution is 2.31. The first kappa shape index (κ1) is 18.3. The molecular weight excluding hydrogens is 354 g/mol. The van der Waals surface area contributed by atoms with Gasteiger partial charge in [0.05, 0.1) is 17.9 Å². The SMILES string of the molecule is C[C@@H]1Cc2c(C(=O)N(Cc3ccncc3)Cc3cccnc3)n[nH]c2[C@H](C)O1. The molecule has 1 amide bonds. The Morgan fingerprint density at radius 3 is 2.68 bits per heavy atom. The smallest absolute Gasteiger partial charge is 0.275 e. The number of carbonyl (C=O) groups excluding carboxylic acids is 1. The molecule has 0 saturated heterocycles. The van der Waals surface area contributed by atoms with Gasteiger partial charge >= 0.3 is 0 Å². The largest absolute Gasteiger partial charge is 0.369 e. The molecule has 2 atom stereocenters. The summed E-state index contributed by atoms with van der Waals surface area (Å²) in [6, 6.07) is 7.68. The quantitative estimate of drug-likeness (QED) is 0.739. The lowest BCUT2D eigenvalue weighted by atomic mass is 9.99. The average molecular weight is 377 g/mol. The van der Waals surface area contributed by atoms with Gasteiger partial charge in [0, 0.05) is 49.9 Å². The zero-order chi connectivity index (χ0) is 19.5. The maximum absolute atomic E-state index is 13.5. The second-order valence-corrected chi connectivity index (χ2v) is 7.14.